The van der Waals surface area contributed by atoms with Crippen LogP contribution in [0.25, 0.3) is 0 Å². The fourth-order valence-electron chi connectivity index (χ4n) is 4.56. The number of nitrogens with zero attached hydrogens (tertiary/aromatic N) is 1. The number of aryl methyl sites for hydroxylation is 1. The fourth-order valence-corrected chi connectivity index (χ4v) is 6.12. The number of fused-ring (bicyclic) bond motifs is 1. The second kappa shape index (κ2) is 8.98. The fraction of sp³-hybridized carbons (Fsp3) is 0.750. The van der Waals surface area contributed by atoms with Gasteiger partial charge in [0.15, 0.2) is 0 Å². The molecule has 28 heavy (non-hydrogen) atoms. The first kappa shape index (κ1) is 22.0. The van der Waals surface area contributed by atoms with Crippen LogP contribution < -0.4 is 10.3 Å². The zero-order valence-corrected chi connectivity index (χ0v) is 19.3. The van der Waals surface area contributed by atoms with Crippen LogP contribution in [0.1, 0.15) is 62.7 Å². The van der Waals surface area contributed by atoms with E-state index < -0.39 is 10.0 Å². The van der Waals surface area contributed by atoms with Crippen molar-refractivity contribution in [3.8, 4) is 0 Å². The summed E-state index contributed by atoms with van der Waals surface area (Å²) in [6.45, 7) is 4.37. The molecule has 1 N–H and O–H groups in total. The third kappa shape index (κ3) is 5.07. The molecule has 1 fully saturated rings. The molecule has 0 amide bonds. The number of nitrogens with one attached hydrogen (secondary N) is 1. The number of aromatic nitrogens is 1. The predicted molar refractivity (Wildman–Crippen MR) is 114 cm³/mol. The van der Waals surface area contributed by atoms with Crippen LogP contribution in [0.2, 0.25) is 0 Å². The van der Waals surface area contributed by atoms with E-state index >= 15 is 0 Å². The minimum absolute atomic E-state index is 0.0681. The number of hydrogen-bond acceptors (Lipinski definition) is 4. The average Bonchev–Trinajstić information content (AvgIpc) is 2.64. The highest BCUT2D eigenvalue weighted by molar-refractivity contribution is 9.10. The van der Waals surface area contributed by atoms with Crippen molar-refractivity contribution in [3.05, 3.63) is 32.2 Å². The summed E-state index contributed by atoms with van der Waals surface area (Å²) in [7, 11) is -3.38. The summed E-state index contributed by atoms with van der Waals surface area (Å²) in [5.41, 5.74) is 1.50. The van der Waals surface area contributed by atoms with Gasteiger partial charge in [0.05, 0.1) is 25.0 Å². The third-order valence-electron chi connectivity index (χ3n) is 6.19. The quantitative estimate of drug-likeness (QED) is 0.685. The molecule has 1 aromatic heterocycles. The Hall–Kier alpha value is -0.700. The minimum atomic E-state index is -3.38. The summed E-state index contributed by atoms with van der Waals surface area (Å²) < 4.78 is 35.4. The summed E-state index contributed by atoms with van der Waals surface area (Å²) in [5, 5.41) is 0. The Bertz CT molecular complexity index is 860. The highest BCUT2D eigenvalue weighted by Gasteiger charge is 2.34. The van der Waals surface area contributed by atoms with E-state index in [2.05, 4.69) is 27.6 Å². The van der Waals surface area contributed by atoms with Gasteiger partial charge in [-0.1, -0.05) is 13.3 Å². The molecule has 1 saturated carbocycles. The largest absolute Gasteiger partial charge is 0.376 e. The van der Waals surface area contributed by atoms with E-state index in [0.717, 1.165) is 28.9 Å². The van der Waals surface area contributed by atoms with E-state index in [1.165, 1.54) is 25.5 Å². The Labute approximate surface area is 176 Å². The van der Waals surface area contributed by atoms with Crippen molar-refractivity contribution < 1.29 is 13.2 Å². The first-order valence-electron chi connectivity index (χ1n) is 10.2. The first-order valence-corrected chi connectivity index (χ1v) is 12.9. The molecule has 2 aliphatic rings. The summed E-state index contributed by atoms with van der Waals surface area (Å²) in [5.74, 6) is 0.788. The van der Waals surface area contributed by atoms with Gasteiger partial charge in [-0.25, -0.2) is 13.1 Å². The normalized spacial score (nSPS) is 28.1. The summed E-state index contributed by atoms with van der Waals surface area (Å²) in [4.78, 5) is 12.9. The van der Waals surface area contributed by atoms with Gasteiger partial charge in [0, 0.05) is 21.8 Å². The van der Waals surface area contributed by atoms with Gasteiger partial charge in [0.2, 0.25) is 10.0 Å². The number of sulfonamides is 1. The number of pyridine rings is 1. The smallest absolute Gasteiger partial charge is 0.254 e. The Kier molecular flexibility index (Phi) is 7.05. The van der Waals surface area contributed by atoms with E-state index in [4.69, 9.17) is 4.74 Å². The zero-order chi connectivity index (χ0) is 20.5. The van der Waals surface area contributed by atoms with Crippen LogP contribution in [0.15, 0.2) is 15.3 Å². The minimum Gasteiger partial charge on any atom is -0.376 e. The molecule has 0 spiro atoms. The molecule has 0 radical (unpaired) electrons. The van der Waals surface area contributed by atoms with Gasteiger partial charge < -0.3 is 9.30 Å². The molecular weight excluding hydrogens is 444 g/mol. The number of hydrogen-bond donors (Lipinski definition) is 1. The number of halogens is 1. The predicted octanol–water partition coefficient (Wildman–Crippen LogP) is 3.31. The molecule has 2 unspecified atom stereocenters. The lowest BCUT2D eigenvalue weighted by Gasteiger charge is -2.37. The second-order valence-electron chi connectivity index (χ2n) is 8.28. The van der Waals surface area contributed by atoms with Crippen LogP contribution >= 0.6 is 15.9 Å². The molecule has 0 bridgehead atoms. The van der Waals surface area contributed by atoms with Crippen LogP contribution in [0, 0.1) is 12.8 Å². The van der Waals surface area contributed by atoms with Crippen LogP contribution in [0.5, 0.6) is 0 Å². The van der Waals surface area contributed by atoms with Gasteiger partial charge in [-0.05, 0) is 73.4 Å². The first-order chi connectivity index (χ1) is 13.2. The standard InChI is InChI=1S/C20H31BrN2O4S/c1-4-14-5-7-15(8-6-14)27-12-19-17(22-28(3,25)26)9-10-18-16(21)11-13(2)20(24)23(18)19/h11,14-15,17,19,22H,4-10,12H2,1-3H3. The zero-order valence-electron chi connectivity index (χ0n) is 16.9. The van der Waals surface area contributed by atoms with Crippen molar-refractivity contribution in [2.24, 2.45) is 5.92 Å². The monoisotopic (exact) mass is 474 g/mol. The Morgan fingerprint density at radius 3 is 2.54 bits per heavy atom. The van der Waals surface area contributed by atoms with Gasteiger partial charge in [0.25, 0.3) is 5.56 Å². The Morgan fingerprint density at radius 2 is 1.93 bits per heavy atom. The highest BCUT2D eigenvalue weighted by atomic mass is 79.9. The molecule has 1 aromatic rings. The van der Waals surface area contributed by atoms with E-state index in [9.17, 15) is 13.2 Å². The van der Waals surface area contributed by atoms with Crippen LogP contribution in [0.4, 0.5) is 0 Å². The lowest BCUT2D eigenvalue weighted by Crippen LogP contribution is -2.50. The maximum Gasteiger partial charge on any atom is 0.254 e. The summed E-state index contributed by atoms with van der Waals surface area (Å²) in [6.07, 6.45) is 8.29. The molecule has 158 valence electrons. The molecule has 0 aromatic carbocycles. The van der Waals surface area contributed by atoms with E-state index in [-0.39, 0.29) is 23.7 Å². The summed E-state index contributed by atoms with van der Waals surface area (Å²) in [6, 6.07) is 1.16. The van der Waals surface area contributed by atoms with Crippen LogP contribution in [-0.4, -0.2) is 38.0 Å². The van der Waals surface area contributed by atoms with Gasteiger partial charge >= 0.3 is 0 Å². The molecular formula is C20H31BrN2O4S. The van der Waals surface area contributed by atoms with Crippen molar-refractivity contribution in [1.29, 1.82) is 0 Å². The van der Waals surface area contributed by atoms with Crippen LogP contribution in [-0.2, 0) is 21.2 Å². The Morgan fingerprint density at radius 1 is 1.25 bits per heavy atom. The molecule has 2 heterocycles. The van der Waals surface area contributed by atoms with Crippen molar-refractivity contribution in [2.45, 2.75) is 77.0 Å². The maximum absolute atomic E-state index is 12.9. The lowest BCUT2D eigenvalue weighted by molar-refractivity contribution is -0.00699. The summed E-state index contributed by atoms with van der Waals surface area (Å²) >= 11 is 3.58. The molecule has 2 atom stereocenters. The van der Waals surface area contributed by atoms with Crippen molar-refractivity contribution in [1.82, 2.24) is 9.29 Å². The molecule has 6 nitrogen and oxygen atoms in total. The van der Waals surface area contributed by atoms with E-state index in [1.807, 2.05) is 6.07 Å². The van der Waals surface area contributed by atoms with Gasteiger partial charge in [-0.2, -0.15) is 0 Å². The van der Waals surface area contributed by atoms with Gasteiger partial charge in [-0.3, -0.25) is 4.79 Å². The van der Waals surface area contributed by atoms with Crippen molar-refractivity contribution in [3.63, 3.8) is 0 Å². The second-order valence-corrected chi connectivity index (χ2v) is 10.9. The Balaban J connectivity index is 1.85. The number of rotatable bonds is 6. The van der Waals surface area contributed by atoms with Crippen molar-refractivity contribution >= 4 is 26.0 Å². The molecule has 1 aliphatic heterocycles. The van der Waals surface area contributed by atoms with Gasteiger partial charge in [-0.15, -0.1) is 0 Å². The molecule has 1 aliphatic carbocycles. The maximum atomic E-state index is 12.9. The van der Waals surface area contributed by atoms with E-state index in [1.54, 1.807) is 11.5 Å². The topological polar surface area (TPSA) is 77.4 Å². The average molecular weight is 475 g/mol. The van der Waals surface area contributed by atoms with Gasteiger partial charge in [0.1, 0.15) is 0 Å². The SMILES string of the molecule is CCC1CCC(OCC2C(NS(C)(=O)=O)CCc3c(Br)cc(C)c(=O)n32)CC1. The molecule has 3 rings (SSSR count). The molecule has 0 saturated heterocycles. The number of ether oxygens (including phenoxy) is 1. The van der Waals surface area contributed by atoms with Crippen LogP contribution in [0.3, 0.4) is 0 Å². The highest BCUT2D eigenvalue weighted by Crippen LogP contribution is 2.32. The van der Waals surface area contributed by atoms with E-state index in [0.29, 0.717) is 25.0 Å². The molecule has 8 heteroatoms. The lowest BCUT2D eigenvalue weighted by atomic mass is 9.86. The van der Waals surface area contributed by atoms with Crippen molar-refractivity contribution in [2.75, 3.05) is 12.9 Å². The third-order valence-corrected chi connectivity index (χ3v) is 7.61.